The van der Waals surface area contributed by atoms with Gasteiger partial charge >= 0.3 is 0 Å². The van der Waals surface area contributed by atoms with E-state index in [9.17, 15) is 0 Å². The summed E-state index contributed by atoms with van der Waals surface area (Å²) in [5, 5.41) is 1.03. The lowest BCUT2D eigenvalue weighted by Gasteiger charge is -2.05. The number of anilines is 1. The SMILES string of the molecule is Cc1sc2nc(C(C)C)nc(N)c2c1C. The summed E-state index contributed by atoms with van der Waals surface area (Å²) in [5.41, 5.74) is 7.18. The van der Waals surface area contributed by atoms with Crippen LogP contribution in [0.1, 0.15) is 36.0 Å². The minimum atomic E-state index is 0.319. The maximum absolute atomic E-state index is 5.96. The Kier molecular flexibility index (Phi) is 2.38. The number of nitrogen functional groups attached to an aromatic ring is 1. The highest BCUT2D eigenvalue weighted by molar-refractivity contribution is 7.18. The zero-order valence-corrected chi connectivity index (χ0v) is 10.3. The van der Waals surface area contributed by atoms with Crippen molar-refractivity contribution in [1.29, 1.82) is 0 Å². The summed E-state index contributed by atoms with van der Waals surface area (Å²) >= 11 is 1.69. The van der Waals surface area contributed by atoms with Crippen LogP contribution in [-0.2, 0) is 0 Å². The second-order valence-corrected chi connectivity index (χ2v) is 5.29. The van der Waals surface area contributed by atoms with Crippen molar-refractivity contribution in [2.75, 3.05) is 5.73 Å². The summed E-state index contributed by atoms with van der Waals surface area (Å²) in [5.74, 6) is 1.77. The zero-order valence-electron chi connectivity index (χ0n) is 9.46. The van der Waals surface area contributed by atoms with Gasteiger partial charge in [0.25, 0.3) is 0 Å². The Balaban J connectivity index is 2.78. The number of thiophene rings is 1. The summed E-state index contributed by atoms with van der Waals surface area (Å²) in [7, 11) is 0. The highest BCUT2D eigenvalue weighted by atomic mass is 32.1. The molecule has 2 N–H and O–H groups in total. The van der Waals surface area contributed by atoms with Crippen LogP contribution in [-0.4, -0.2) is 9.97 Å². The predicted octanol–water partition coefficient (Wildman–Crippen LogP) is 3.01. The molecule has 0 atom stereocenters. The van der Waals surface area contributed by atoms with Crippen LogP contribution in [0.3, 0.4) is 0 Å². The van der Waals surface area contributed by atoms with E-state index in [0.717, 1.165) is 16.0 Å². The fourth-order valence-electron chi connectivity index (χ4n) is 1.56. The normalized spacial score (nSPS) is 11.5. The summed E-state index contributed by atoms with van der Waals surface area (Å²) in [6.45, 7) is 8.32. The van der Waals surface area contributed by atoms with E-state index in [-0.39, 0.29) is 0 Å². The molecule has 3 nitrogen and oxygen atoms in total. The average Bonchev–Trinajstić information content (AvgIpc) is 2.42. The van der Waals surface area contributed by atoms with Gasteiger partial charge in [-0.3, -0.25) is 0 Å². The van der Waals surface area contributed by atoms with Gasteiger partial charge < -0.3 is 5.73 Å². The summed E-state index contributed by atoms with van der Waals surface area (Å²) in [4.78, 5) is 11.2. The molecule has 0 spiro atoms. The smallest absolute Gasteiger partial charge is 0.136 e. The van der Waals surface area contributed by atoms with E-state index in [4.69, 9.17) is 5.73 Å². The van der Waals surface area contributed by atoms with E-state index in [1.165, 1.54) is 10.4 Å². The Morgan fingerprint density at radius 1 is 1.20 bits per heavy atom. The second-order valence-electron chi connectivity index (χ2n) is 4.09. The molecule has 0 radical (unpaired) electrons. The van der Waals surface area contributed by atoms with E-state index in [2.05, 4.69) is 37.7 Å². The lowest BCUT2D eigenvalue weighted by Crippen LogP contribution is -2.01. The first-order valence-corrected chi connectivity index (χ1v) is 5.85. The van der Waals surface area contributed by atoms with Crippen LogP contribution in [0.15, 0.2) is 0 Å². The minimum Gasteiger partial charge on any atom is -0.383 e. The first-order chi connectivity index (χ1) is 7.00. The van der Waals surface area contributed by atoms with Crippen LogP contribution < -0.4 is 5.73 Å². The van der Waals surface area contributed by atoms with Crippen LogP contribution in [0.25, 0.3) is 10.2 Å². The zero-order chi connectivity index (χ0) is 11.2. The molecule has 0 bridgehead atoms. The Morgan fingerprint density at radius 3 is 2.47 bits per heavy atom. The highest BCUT2D eigenvalue weighted by Gasteiger charge is 2.13. The van der Waals surface area contributed by atoms with Crippen LogP contribution in [0, 0.1) is 13.8 Å². The second kappa shape index (κ2) is 3.45. The third kappa shape index (κ3) is 1.59. The monoisotopic (exact) mass is 221 g/mol. The minimum absolute atomic E-state index is 0.319. The van der Waals surface area contributed by atoms with Gasteiger partial charge in [0.1, 0.15) is 16.5 Å². The van der Waals surface area contributed by atoms with Gasteiger partial charge in [0.05, 0.1) is 5.39 Å². The number of nitrogens with zero attached hydrogens (tertiary/aromatic N) is 2. The van der Waals surface area contributed by atoms with Crippen LogP contribution in [0.5, 0.6) is 0 Å². The molecule has 0 unspecified atom stereocenters. The molecule has 0 saturated heterocycles. The van der Waals surface area contributed by atoms with Gasteiger partial charge in [-0.25, -0.2) is 9.97 Å². The van der Waals surface area contributed by atoms with E-state index in [1.807, 2.05) is 0 Å². The van der Waals surface area contributed by atoms with Crippen molar-refractivity contribution in [1.82, 2.24) is 9.97 Å². The van der Waals surface area contributed by atoms with Crippen molar-refractivity contribution in [3.05, 3.63) is 16.3 Å². The van der Waals surface area contributed by atoms with Crippen molar-refractivity contribution in [2.24, 2.45) is 0 Å². The van der Waals surface area contributed by atoms with Gasteiger partial charge in [-0.2, -0.15) is 0 Å². The maximum atomic E-state index is 5.96. The number of aryl methyl sites for hydroxylation is 2. The fourth-order valence-corrected chi connectivity index (χ4v) is 2.60. The standard InChI is InChI=1S/C11H15N3S/c1-5(2)10-13-9(12)8-6(3)7(4)15-11(8)14-10/h5H,1-4H3,(H2,12,13,14). The highest BCUT2D eigenvalue weighted by Crippen LogP contribution is 2.32. The summed E-state index contributed by atoms with van der Waals surface area (Å²) in [6, 6.07) is 0. The summed E-state index contributed by atoms with van der Waals surface area (Å²) < 4.78 is 0. The van der Waals surface area contributed by atoms with Crippen LogP contribution >= 0.6 is 11.3 Å². The number of nitrogens with two attached hydrogens (primary N) is 1. The van der Waals surface area contributed by atoms with Gasteiger partial charge in [0.15, 0.2) is 0 Å². The molecule has 2 aromatic rings. The number of aromatic nitrogens is 2. The molecule has 80 valence electrons. The molecule has 15 heavy (non-hydrogen) atoms. The first-order valence-electron chi connectivity index (χ1n) is 5.03. The molecular formula is C11H15N3S. The van der Waals surface area contributed by atoms with Gasteiger partial charge in [-0.05, 0) is 19.4 Å². The van der Waals surface area contributed by atoms with E-state index < -0.39 is 0 Å². The molecule has 0 aliphatic carbocycles. The average molecular weight is 221 g/mol. The van der Waals surface area contributed by atoms with Crippen molar-refractivity contribution >= 4 is 27.4 Å². The van der Waals surface area contributed by atoms with E-state index in [0.29, 0.717) is 11.7 Å². The molecule has 0 saturated carbocycles. The largest absolute Gasteiger partial charge is 0.383 e. The number of hydrogen-bond acceptors (Lipinski definition) is 4. The topological polar surface area (TPSA) is 51.8 Å². The Hall–Kier alpha value is -1.16. The van der Waals surface area contributed by atoms with Gasteiger partial charge in [0.2, 0.25) is 0 Å². The molecule has 2 aromatic heterocycles. The number of fused-ring (bicyclic) bond motifs is 1. The molecule has 0 amide bonds. The molecule has 0 aromatic carbocycles. The molecular weight excluding hydrogens is 206 g/mol. The molecule has 0 fully saturated rings. The lowest BCUT2D eigenvalue weighted by atomic mass is 10.2. The first kappa shape index (κ1) is 10.4. The van der Waals surface area contributed by atoms with Gasteiger partial charge in [0, 0.05) is 10.8 Å². The Bertz CT molecular complexity index is 514. The van der Waals surface area contributed by atoms with Crippen LogP contribution in [0.2, 0.25) is 0 Å². The molecule has 2 heterocycles. The van der Waals surface area contributed by atoms with E-state index >= 15 is 0 Å². The number of hydrogen-bond donors (Lipinski definition) is 1. The molecule has 0 aliphatic heterocycles. The molecule has 4 heteroatoms. The molecule has 2 rings (SSSR count). The quantitative estimate of drug-likeness (QED) is 0.805. The predicted molar refractivity (Wildman–Crippen MR) is 65.4 cm³/mol. The third-order valence-corrected chi connectivity index (χ3v) is 3.69. The van der Waals surface area contributed by atoms with Crippen molar-refractivity contribution in [2.45, 2.75) is 33.6 Å². The fraction of sp³-hybridized carbons (Fsp3) is 0.455. The van der Waals surface area contributed by atoms with E-state index in [1.54, 1.807) is 11.3 Å². The van der Waals surface area contributed by atoms with Crippen molar-refractivity contribution in [3.63, 3.8) is 0 Å². The third-order valence-electron chi connectivity index (χ3n) is 2.59. The number of rotatable bonds is 1. The Labute approximate surface area is 93.4 Å². The summed E-state index contributed by atoms with van der Waals surface area (Å²) in [6.07, 6.45) is 0. The van der Waals surface area contributed by atoms with Crippen LogP contribution in [0.4, 0.5) is 5.82 Å². The lowest BCUT2D eigenvalue weighted by molar-refractivity contribution is 0.786. The van der Waals surface area contributed by atoms with Gasteiger partial charge in [-0.15, -0.1) is 11.3 Å². The maximum Gasteiger partial charge on any atom is 0.136 e. The van der Waals surface area contributed by atoms with Gasteiger partial charge in [-0.1, -0.05) is 13.8 Å². The van der Waals surface area contributed by atoms with Crippen molar-refractivity contribution in [3.8, 4) is 0 Å². The van der Waals surface area contributed by atoms with Crippen molar-refractivity contribution < 1.29 is 0 Å². The molecule has 0 aliphatic rings. The Morgan fingerprint density at radius 2 is 1.87 bits per heavy atom.